The van der Waals surface area contributed by atoms with Crippen LogP contribution in [0.5, 0.6) is 0 Å². The average molecular weight is 312 g/mol. The second-order valence-electron chi connectivity index (χ2n) is 5.79. The van der Waals surface area contributed by atoms with E-state index in [-0.39, 0.29) is 10.6 Å². The molecule has 2 heterocycles. The van der Waals surface area contributed by atoms with E-state index in [2.05, 4.69) is 14.8 Å². The first-order valence-electron chi connectivity index (χ1n) is 7.78. The number of piperazine rings is 1. The van der Waals surface area contributed by atoms with E-state index in [1.807, 2.05) is 36.7 Å². The Hall–Kier alpha value is -2.31. The molecule has 1 aromatic heterocycles. The van der Waals surface area contributed by atoms with Crippen molar-refractivity contribution in [1.29, 1.82) is 0 Å². The molecule has 0 unspecified atom stereocenters. The Labute approximate surface area is 135 Å². The topological polar surface area (TPSA) is 62.5 Å². The fraction of sp³-hybridized carbons (Fsp3) is 0.353. The summed E-state index contributed by atoms with van der Waals surface area (Å²) in [5.41, 5.74) is 2.28. The van der Waals surface area contributed by atoms with Crippen LogP contribution in [0.1, 0.15) is 11.1 Å². The van der Waals surface area contributed by atoms with E-state index in [1.165, 1.54) is 5.56 Å². The third-order valence-electron chi connectivity index (χ3n) is 4.20. The predicted octanol–water partition coefficient (Wildman–Crippen LogP) is 2.31. The lowest BCUT2D eigenvalue weighted by atomic mass is 10.1. The quantitative estimate of drug-likeness (QED) is 0.626. The summed E-state index contributed by atoms with van der Waals surface area (Å²) in [6.07, 6.45) is 3.64. The molecule has 0 bridgehead atoms. The molecular weight excluding hydrogens is 292 g/mol. The highest BCUT2D eigenvalue weighted by Gasteiger charge is 2.20. The van der Waals surface area contributed by atoms with E-state index in [0.29, 0.717) is 6.54 Å². The number of para-hydroxylation sites is 1. The summed E-state index contributed by atoms with van der Waals surface area (Å²) < 4.78 is 0. The van der Waals surface area contributed by atoms with E-state index in [1.54, 1.807) is 12.1 Å². The highest BCUT2D eigenvalue weighted by molar-refractivity contribution is 5.39. The van der Waals surface area contributed by atoms with Crippen molar-refractivity contribution in [1.82, 2.24) is 14.8 Å². The second kappa shape index (κ2) is 7.30. The number of hydrogen-bond donors (Lipinski definition) is 0. The zero-order valence-corrected chi connectivity index (χ0v) is 13.0. The van der Waals surface area contributed by atoms with Gasteiger partial charge in [-0.1, -0.05) is 18.2 Å². The normalized spacial score (nSPS) is 16.3. The Morgan fingerprint density at radius 1 is 0.957 bits per heavy atom. The number of rotatable bonds is 5. The van der Waals surface area contributed by atoms with Gasteiger partial charge in [-0.2, -0.15) is 0 Å². The maximum absolute atomic E-state index is 11.1. The van der Waals surface area contributed by atoms with Crippen LogP contribution in [0.25, 0.3) is 0 Å². The van der Waals surface area contributed by atoms with Gasteiger partial charge in [-0.15, -0.1) is 0 Å². The number of nitrogens with zero attached hydrogens (tertiary/aromatic N) is 4. The van der Waals surface area contributed by atoms with E-state index in [4.69, 9.17) is 0 Å². The Morgan fingerprint density at radius 2 is 1.57 bits per heavy atom. The number of benzene rings is 1. The molecule has 0 aliphatic carbocycles. The highest BCUT2D eigenvalue weighted by atomic mass is 16.6. The molecule has 6 heteroatoms. The van der Waals surface area contributed by atoms with Crippen molar-refractivity contribution < 1.29 is 4.92 Å². The van der Waals surface area contributed by atoms with Gasteiger partial charge in [0.15, 0.2) is 0 Å². The molecule has 1 fully saturated rings. The number of pyridine rings is 1. The molecule has 0 amide bonds. The summed E-state index contributed by atoms with van der Waals surface area (Å²) in [5, 5.41) is 11.1. The van der Waals surface area contributed by atoms with Crippen molar-refractivity contribution in [2.24, 2.45) is 0 Å². The van der Waals surface area contributed by atoms with Crippen LogP contribution in [0.15, 0.2) is 48.8 Å². The van der Waals surface area contributed by atoms with Crippen LogP contribution in [0.3, 0.4) is 0 Å². The van der Waals surface area contributed by atoms with Crippen molar-refractivity contribution in [2.75, 3.05) is 26.2 Å². The van der Waals surface area contributed by atoms with Gasteiger partial charge in [-0.3, -0.25) is 24.9 Å². The van der Waals surface area contributed by atoms with Gasteiger partial charge >= 0.3 is 0 Å². The van der Waals surface area contributed by atoms with Gasteiger partial charge in [0.1, 0.15) is 0 Å². The Balaban J connectivity index is 1.54. The summed E-state index contributed by atoms with van der Waals surface area (Å²) in [5.74, 6) is 0. The van der Waals surface area contributed by atoms with Gasteiger partial charge in [0.2, 0.25) is 0 Å². The van der Waals surface area contributed by atoms with Crippen LogP contribution in [0, 0.1) is 10.1 Å². The molecule has 120 valence electrons. The molecule has 2 aromatic rings. The molecule has 3 rings (SSSR count). The highest BCUT2D eigenvalue weighted by Crippen LogP contribution is 2.20. The maximum Gasteiger partial charge on any atom is 0.273 e. The second-order valence-corrected chi connectivity index (χ2v) is 5.79. The van der Waals surface area contributed by atoms with Crippen molar-refractivity contribution >= 4 is 5.69 Å². The third-order valence-corrected chi connectivity index (χ3v) is 4.20. The minimum Gasteiger partial charge on any atom is -0.297 e. The predicted molar refractivity (Wildman–Crippen MR) is 87.9 cm³/mol. The lowest BCUT2D eigenvalue weighted by molar-refractivity contribution is -0.385. The minimum absolute atomic E-state index is 0.215. The number of nitro benzene ring substituents is 1. The first-order chi connectivity index (χ1) is 11.2. The third kappa shape index (κ3) is 4.12. The standard InChI is InChI=1S/C17H20N4O2/c22-21(23)17-4-2-1-3-16(17)14-20-11-9-19(10-12-20)13-15-5-7-18-8-6-15/h1-8H,9-14H2. The minimum atomic E-state index is -0.297. The molecule has 0 spiro atoms. The first kappa shape index (κ1) is 15.6. The molecule has 0 radical (unpaired) electrons. The summed E-state index contributed by atoms with van der Waals surface area (Å²) in [6, 6.07) is 11.1. The number of aromatic nitrogens is 1. The zero-order chi connectivity index (χ0) is 16.1. The lowest BCUT2D eigenvalue weighted by Crippen LogP contribution is -2.45. The Kier molecular flexibility index (Phi) is 4.95. The largest absolute Gasteiger partial charge is 0.297 e. The summed E-state index contributed by atoms with van der Waals surface area (Å²) in [6.45, 7) is 5.38. The molecular formula is C17H20N4O2. The summed E-state index contributed by atoms with van der Waals surface area (Å²) in [4.78, 5) is 19.5. The maximum atomic E-state index is 11.1. The lowest BCUT2D eigenvalue weighted by Gasteiger charge is -2.34. The smallest absolute Gasteiger partial charge is 0.273 e. The Morgan fingerprint density at radius 3 is 2.22 bits per heavy atom. The van der Waals surface area contributed by atoms with Crippen molar-refractivity contribution in [2.45, 2.75) is 13.1 Å². The molecule has 1 aromatic carbocycles. The van der Waals surface area contributed by atoms with Crippen molar-refractivity contribution in [3.63, 3.8) is 0 Å². The monoisotopic (exact) mass is 312 g/mol. The first-order valence-corrected chi connectivity index (χ1v) is 7.78. The van der Waals surface area contributed by atoms with Crippen molar-refractivity contribution in [3.05, 3.63) is 70.0 Å². The molecule has 1 saturated heterocycles. The number of hydrogen-bond acceptors (Lipinski definition) is 5. The van der Waals surface area contributed by atoms with Crippen LogP contribution < -0.4 is 0 Å². The summed E-state index contributed by atoms with van der Waals surface area (Å²) in [7, 11) is 0. The van der Waals surface area contributed by atoms with E-state index >= 15 is 0 Å². The molecule has 1 aliphatic heterocycles. The molecule has 0 atom stereocenters. The van der Waals surface area contributed by atoms with E-state index < -0.39 is 0 Å². The molecule has 6 nitrogen and oxygen atoms in total. The summed E-state index contributed by atoms with van der Waals surface area (Å²) >= 11 is 0. The average Bonchev–Trinajstić information content (AvgIpc) is 2.58. The van der Waals surface area contributed by atoms with Crippen molar-refractivity contribution in [3.8, 4) is 0 Å². The Bertz CT molecular complexity index is 655. The van der Waals surface area contributed by atoms with E-state index in [0.717, 1.165) is 38.3 Å². The van der Waals surface area contributed by atoms with Crippen LogP contribution in [-0.4, -0.2) is 45.9 Å². The van der Waals surface area contributed by atoms with Gasteiger partial charge in [-0.05, 0) is 17.7 Å². The van der Waals surface area contributed by atoms with Gasteiger partial charge in [-0.25, -0.2) is 0 Å². The SMILES string of the molecule is O=[N+]([O-])c1ccccc1CN1CCN(Cc2ccncc2)CC1. The zero-order valence-electron chi connectivity index (χ0n) is 13.0. The molecule has 23 heavy (non-hydrogen) atoms. The van der Waals surface area contributed by atoms with Crippen LogP contribution >= 0.6 is 0 Å². The van der Waals surface area contributed by atoms with Gasteiger partial charge < -0.3 is 0 Å². The van der Waals surface area contributed by atoms with Gasteiger partial charge in [0, 0.05) is 63.3 Å². The van der Waals surface area contributed by atoms with Gasteiger partial charge in [0.25, 0.3) is 5.69 Å². The van der Waals surface area contributed by atoms with E-state index in [9.17, 15) is 10.1 Å². The molecule has 0 saturated carbocycles. The number of nitro groups is 1. The molecule has 1 aliphatic rings. The van der Waals surface area contributed by atoms with Crippen LogP contribution in [0.2, 0.25) is 0 Å². The molecule has 0 N–H and O–H groups in total. The fourth-order valence-corrected chi connectivity index (χ4v) is 2.92. The van der Waals surface area contributed by atoms with Crippen LogP contribution in [-0.2, 0) is 13.1 Å². The fourth-order valence-electron chi connectivity index (χ4n) is 2.92. The van der Waals surface area contributed by atoms with Crippen LogP contribution in [0.4, 0.5) is 5.69 Å². The van der Waals surface area contributed by atoms with Gasteiger partial charge in [0.05, 0.1) is 4.92 Å².